The standard InChI is InChI=1S/C54H103NO5/c1-4-7-10-13-16-19-22-25-27-29-32-35-38-41-44-47-54(59)60-50(45-42-39-36-33-30-24-21-18-15-12-9-6-3)48-53(58)55-51(49-56)52(57)46-43-40-37-34-31-28-26-23-20-17-14-11-8-5-2/h9,12,18,21,50-52,56-57H,4-8,10-11,13-17,19-20,22-49H2,1-3H3,(H,55,58)/b12-9+,21-18+. The predicted octanol–water partition coefficient (Wildman–Crippen LogP) is 15.9. The number of ether oxygens (including phenoxy) is 1. The van der Waals surface area contributed by atoms with Gasteiger partial charge in [0.2, 0.25) is 5.91 Å². The van der Waals surface area contributed by atoms with E-state index < -0.39 is 18.2 Å². The number of rotatable bonds is 48. The fourth-order valence-corrected chi connectivity index (χ4v) is 8.29. The first kappa shape index (κ1) is 58.3. The van der Waals surface area contributed by atoms with Crippen LogP contribution in [0.1, 0.15) is 284 Å². The number of aliphatic hydroxyl groups excluding tert-OH is 2. The Balaban J connectivity index is 4.51. The molecule has 3 unspecified atom stereocenters. The first-order valence-electron chi connectivity index (χ1n) is 26.6. The maximum absolute atomic E-state index is 13.2. The van der Waals surface area contributed by atoms with Crippen molar-refractivity contribution in [3.05, 3.63) is 24.3 Å². The number of carbonyl (C=O) groups is 2. The van der Waals surface area contributed by atoms with Gasteiger partial charge in [-0.1, -0.05) is 244 Å². The minimum Gasteiger partial charge on any atom is -0.462 e. The molecular weight excluding hydrogens is 743 g/mol. The van der Waals surface area contributed by atoms with E-state index in [9.17, 15) is 19.8 Å². The minimum atomic E-state index is -0.787. The van der Waals surface area contributed by atoms with Crippen molar-refractivity contribution in [1.82, 2.24) is 5.32 Å². The van der Waals surface area contributed by atoms with Crippen LogP contribution in [0.5, 0.6) is 0 Å². The Bertz CT molecular complexity index is 950. The molecule has 6 nitrogen and oxygen atoms in total. The molecule has 1 amide bonds. The smallest absolute Gasteiger partial charge is 0.306 e. The highest BCUT2D eigenvalue weighted by molar-refractivity contribution is 5.77. The lowest BCUT2D eigenvalue weighted by Gasteiger charge is -2.24. The zero-order valence-electron chi connectivity index (χ0n) is 40.4. The summed E-state index contributed by atoms with van der Waals surface area (Å²) in [6.45, 7) is 6.40. The van der Waals surface area contributed by atoms with Crippen molar-refractivity contribution in [3.8, 4) is 0 Å². The van der Waals surface area contributed by atoms with E-state index in [1.54, 1.807) is 0 Å². The van der Waals surface area contributed by atoms with E-state index in [2.05, 4.69) is 50.4 Å². The van der Waals surface area contributed by atoms with Gasteiger partial charge in [-0.2, -0.15) is 0 Å². The normalized spacial score (nSPS) is 13.3. The van der Waals surface area contributed by atoms with Gasteiger partial charge in [0.1, 0.15) is 6.10 Å². The van der Waals surface area contributed by atoms with Crippen molar-refractivity contribution in [2.24, 2.45) is 0 Å². The molecule has 0 rings (SSSR count). The molecule has 6 heteroatoms. The van der Waals surface area contributed by atoms with Crippen LogP contribution >= 0.6 is 0 Å². The molecule has 354 valence electrons. The third kappa shape index (κ3) is 43.0. The third-order valence-electron chi connectivity index (χ3n) is 12.3. The average molecular weight is 846 g/mol. The molecule has 0 aromatic heterocycles. The number of carbonyl (C=O) groups excluding carboxylic acids is 2. The average Bonchev–Trinajstić information content (AvgIpc) is 3.24. The third-order valence-corrected chi connectivity index (χ3v) is 12.3. The first-order chi connectivity index (χ1) is 29.5. The van der Waals surface area contributed by atoms with Gasteiger partial charge in [0.15, 0.2) is 0 Å². The minimum absolute atomic E-state index is 0.0734. The highest BCUT2D eigenvalue weighted by Gasteiger charge is 2.24. The quantitative estimate of drug-likeness (QED) is 0.0322. The number of amides is 1. The summed E-state index contributed by atoms with van der Waals surface area (Å²) >= 11 is 0. The molecule has 0 aliphatic carbocycles. The Hall–Kier alpha value is -1.66. The molecule has 0 radical (unpaired) electrons. The van der Waals surface area contributed by atoms with Crippen molar-refractivity contribution in [3.63, 3.8) is 0 Å². The number of unbranched alkanes of at least 4 members (excludes halogenated alkanes) is 32. The number of allylic oxidation sites excluding steroid dienone is 4. The molecule has 0 aromatic rings. The monoisotopic (exact) mass is 846 g/mol. The van der Waals surface area contributed by atoms with Crippen LogP contribution in [0.25, 0.3) is 0 Å². The topological polar surface area (TPSA) is 95.9 Å². The van der Waals surface area contributed by atoms with Crippen LogP contribution < -0.4 is 5.32 Å². The van der Waals surface area contributed by atoms with Gasteiger partial charge >= 0.3 is 5.97 Å². The molecule has 0 heterocycles. The number of hydrogen-bond acceptors (Lipinski definition) is 5. The van der Waals surface area contributed by atoms with Crippen molar-refractivity contribution < 1.29 is 24.5 Å². The zero-order valence-corrected chi connectivity index (χ0v) is 40.4. The zero-order chi connectivity index (χ0) is 43.8. The summed E-state index contributed by atoms with van der Waals surface area (Å²) in [6, 6.07) is -0.701. The lowest BCUT2D eigenvalue weighted by atomic mass is 10.0. The summed E-state index contributed by atoms with van der Waals surface area (Å²) in [5, 5.41) is 23.8. The lowest BCUT2D eigenvalue weighted by molar-refractivity contribution is -0.151. The molecular formula is C54H103NO5. The number of hydrogen-bond donors (Lipinski definition) is 3. The molecule has 0 saturated heterocycles. The summed E-state index contributed by atoms with van der Waals surface area (Å²) in [5.41, 5.74) is 0. The van der Waals surface area contributed by atoms with Gasteiger partial charge in [-0.3, -0.25) is 9.59 Å². The second kappa shape index (κ2) is 48.4. The fraction of sp³-hybridized carbons (Fsp3) is 0.889. The number of aliphatic hydroxyl groups is 2. The SMILES string of the molecule is CC/C=C/C/C=C/CCCCCCCC(CC(=O)NC(CO)C(O)CCCCCCCCCCCCCCCC)OC(=O)CCCCCCCCCCCCCCCCC. The summed E-state index contributed by atoms with van der Waals surface area (Å²) in [4.78, 5) is 26.1. The molecule has 0 fully saturated rings. The van der Waals surface area contributed by atoms with E-state index in [4.69, 9.17) is 4.74 Å². The van der Waals surface area contributed by atoms with Crippen LogP contribution in [0.15, 0.2) is 24.3 Å². The maximum Gasteiger partial charge on any atom is 0.306 e. The van der Waals surface area contributed by atoms with Crippen LogP contribution in [-0.4, -0.2) is 46.9 Å². The van der Waals surface area contributed by atoms with Gasteiger partial charge in [0.25, 0.3) is 0 Å². The Kier molecular flexibility index (Phi) is 47.0. The van der Waals surface area contributed by atoms with E-state index >= 15 is 0 Å². The summed E-state index contributed by atoms with van der Waals surface area (Å²) in [7, 11) is 0. The highest BCUT2D eigenvalue weighted by Crippen LogP contribution is 2.18. The van der Waals surface area contributed by atoms with Gasteiger partial charge in [-0.05, 0) is 51.4 Å². The van der Waals surface area contributed by atoms with Gasteiger partial charge in [-0.15, -0.1) is 0 Å². The molecule has 0 aliphatic heterocycles. The molecule has 60 heavy (non-hydrogen) atoms. The van der Waals surface area contributed by atoms with Crippen LogP contribution in [-0.2, 0) is 14.3 Å². The maximum atomic E-state index is 13.2. The molecule has 0 spiro atoms. The Morgan fingerprint density at radius 1 is 0.500 bits per heavy atom. The van der Waals surface area contributed by atoms with Crippen LogP contribution in [0.2, 0.25) is 0 Å². The van der Waals surface area contributed by atoms with Gasteiger partial charge in [-0.25, -0.2) is 0 Å². The predicted molar refractivity (Wildman–Crippen MR) is 260 cm³/mol. The van der Waals surface area contributed by atoms with E-state index in [1.165, 1.54) is 167 Å². The van der Waals surface area contributed by atoms with Crippen molar-refractivity contribution in [2.75, 3.05) is 6.61 Å². The van der Waals surface area contributed by atoms with Crippen molar-refractivity contribution in [1.29, 1.82) is 0 Å². The molecule has 0 aromatic carbocycles. The van der Waals surface area contributed by atoms with Crippen molar-refractivity contribution in [2.45, 2.75) is 302 Å². The van der Waals surface area contributed by atoms with Crippen LogP contribution in [0.3, 0.4) is 0 Å². The second-order valence-electron chi connectivity index (χ2n) is 18.3. The van der Waals surface area contributed by atoms with Gasteiger partial charge < -0.3 is 20.3 Å². The van der Waals surface area contributed by atoms with Crippen LogP contribution in [0.4, 0.5) is 0 Å². The first-order valence-corrected chi connectivity index (χ1v) is 26.6. The van der Waals surface area contributed by atoms with Gasteiger partial charge in [0, 0.05) is 6.42 Å². The second-order valence-corrected chi connectivity index (χ2v) is 18.3. The summed E-state index contributed by atoms with van der Waals surface area (Å²) < 4.78 is 5.93. The molecule has 0 saturated carbocycles. The largest absolute Gasteiger partial charge is 0.462 e. The van der Waals surface area contributed by atoms with E-state index in [0.717, 1.165) is 70.6 Å². The highest BCUT2D eigenvalue weighted by atomic mass is 16.5. The summed E-state index contributed by atoms with van der Waals surface area (Å²) in [5.74, 6) is -0.473. The fourth-order valence-electron chi connectivity index (χ4n) is 8.29. The summed E-state index contributed by atoms with van der Waals surface area (Å²) in [6.07, 6.45) is 55.2. The molecule has 0 bridgehead atoms. The van der Waals surface area contributed by atoms with E-state index in [1.807, 2.05) is 0 Å². The molecule has 3 N–H and O–H groups in total. The lowest BCUT2D eigenvalue weighted by Crippen LogP contribution is -2.46. The Morgan fingerprint density at radius 3 is 1.35 bits per heavy atom. The van der Waals surface area contributed by atoms with Crippen molar-refractivity contribution >= 4 is 11.9 Å². The van der Waals surface area contributed by atoms with Crippen LogP contribution in [0, 0.1) is 0 Å². The molecule has 0 aliphatic rings. The number of nitrogens with one attached hydrogen (secondary N) is 1. The Labute approximate surface area is 373 Å². The van der Waals surface area contributed by atoms with Gasteiger partial charge in [0.05, 0.1) is 25.2 Å². The molecule has 3 atom stereocenters. The van der Waals surface area contributed by atoms with E-state index in [0.29, 0.717) is 19.3 Å². The number of esters is 1. The Morgan fingerprint density at radius 2 is 0.900 bits per heavy atom. The van der Waals surface area contributed by atoms with E-state index in [-0.39, 0.29) is 24.9 Å².